The summed E-state index contributed by atoms with van der Waals surface area (Å²) < 4.78 is 4.12. The van der Waals surface area contributed by atoms with Crippen LogP contribution >= 0.6 is 0 Å². The molecule has 0 bridgehead atoms. The Hall–Kier alpha value is -1.26. The second-order valence-corrected chi connectivity index (χ2v) is 1.03. The summed E-state index contributed by atoms with van der Waals surface area (Å²) in [5.74, 6) is 0. The van der Waals surface area contributed by atoms with Crippen molar-refractivity contribution in [3.8, 4) is 0 Å². The van der Waals surface area contributed by atoms with Crippen LogP contribution in [0.2, 0.25) is 0 Å². The van der Waals surface area contributed by atoms with Gasteiger partial charge in [-0.25, -0.2) is 4.79 Å². The third-order valence-corrected chi connectivity index (χ3v) is 0.443. The van der Waals surface area contributed by atoms with Crippen molar-refractivity contribution in [2.75, 3.05) is 13.2 Å². The minimum absolute atomic E-state index is 0.141. The molecule has 0 heterocycles. The lowest BCUT2D eigenvalue weighted by atomic mass is 10.8. The Morgan fingerprint density at radius 2 is 2.56 bits per heavy atom. The number of carbonyl (C=O) groups excluding carboxylic acids is 1. The van der Waals surface area contributed by atoms with Crippen molar-refractivity contribution in [3.63, 3.8) is 0 Å². The van der Waals surface area contributed by atoms with Gasteiger partial charge in [0.2, 0.25) is 0 Å². The molecular formula is C3H5N3O3. The third kappa shape index (κ3) is 4.60. The lowest BCUT2D eigenvalue weighted by Crippen LogP contribution is -2.02. The summed E-state index contributed by atoms with van der Waals surface area (Å²) in [6, 6.07) is 0. The van der Waals surface area contributed by atoms with E-state index in [1.54, 1.807) is 0 Å². The van der Waals surface area contributed by atoms with Crippen molar-refractivity contribution in [2.45, 2.75) is 0 Å². The number of hydrogen-bond acceptors (Lipinski definition) is 3. The van der Waals surface area contributed by atoms with Crippen LogP contribution in [0.25, 0.3) is 10.4 Å². The molecule has 0 spiro atoms. The van der Waals surface area contributed by atoms with Gasteiger partial charge in [-0.3, -0.25) is 0 Å². The minimum atomic E-state index is -1.02. The summed E-state index contributed by atoms with van der Waals surface area (Å²) in [6.07, 6.45) is -1.02. The molecule has 0 rings (SSSR count). The highest BCUT2D eigenvalue weighted by Crippen LogP contribution is 1.81. The van der Waals surface area contributed by atoms with Crippen LogP contribution in [-0.2, 0) is 4.74 Å². The van der Waals surface area contributed by atoms with Gasteiger partial charge in [-0.2, -0.15) is 0 Å². The van der Waals surface area contributed by atoms with Crippen LogP contribution in [0, 0.1) is 0 Å². The number of nitrogens with zero attached hydrogens (tertiary/aromatic N) is 3. The maximum Gasteiger partial charge on any atom is 0.396 e. The molecule has 1 N–H and O–H groups in total. The first-order valence-corrected chi connectivity index (χ1v) is 2.14. The number of ether oxygens (including phenoxy) is 1. The van der Waals surface area contributed by atoms with Gasteiger partial charge in [0.15, 0.2) is 0 Å². The molecule has 6 nitrogen and oxygen atoms in total. The normalized spacial score (nSPS) is 7.67. The van der Waals surface area contributed by atoms with Gasteiger partial charge >= 0.3 is 6.09 Å². The number of amides is 1. The quantitative estimate of drug-likeness (QED) is 0.334. The van der Waals surface area contributed by atoms with Crippen LogP contribution in [0.3, 0.4) is 0 Å². The van der Waals surface area contributed by atoms with E-state index in [0.717, 1.165) is 0 Å². The van der Waals surface area contributed by atoms with Gasteiger partial charge in [0.1, 0.15) is 6.61 Å². The van der Waals surface area contributed by atoms with Crippen molar-refractivity contribution < 1.29 is 14.6 Å². The summed E-state index contributed by atoms with van der Waals surface area (Å²) in [4.78, 5) is 12.2. The fourth-order valence-electron chi connectivity index (χ4n) is 0.198. The van der Waals surface area contributed by atoms with Crippen molar-refractivity contribution in [1.82, 2.24) is 0 Å². The zero-order valence-electron chi connectivity index (χ0n) is 4.52. The summed E-state index contributed by atoms with van der Waals surface area (Å²) in [6.45, 7) is -0.412. The number of hydrogen-bond donors (Lipinski definition) is 1. The lowest BCUT2D eigenvalue weighted by Gasteiger charge is -1.93. The van der Waals surface area contributed by atoms with E-state index in [9.17, 15) is 4.79 Å². The van der Waals surface area contributed by atoms with Crippen molar-refractivity contribution in [1.29, 1.82) is 0 Å². The Balaban J connectivity index is 3.39. The van der Waals surface area contributed by atoms with Crippen LogP contribution in [0.4, 0.5) is 4.79 Å². The molecule has 0 fully saturated rings. The number of aliphatic hydroxyl groups excluding tert-OH is 1. The molecule has 0 saturated heterocycles. The minimum Gasteiger partial charge on any atom is -0.458 e. The average molecular weight is 131 g/mol. The Kier molecular flexibility index (Phi) is 4.20. The highest BCUT2D eigenvalue weighted by atomic mass is 16.6. The molecule has 0 radical (unpaired) electrons. The molecule has 0 aliphatic carbocycles. The summed E-state index contributed by atoms with van der Waals surface area (Å²) in [7, 11) is 0. The van der Waals surface area contributed by atoms with Crippen molar-refractivity contribution in [2.24, 2.45) is 5.11 Å². The maximum absolute atomic E-state index is 10.0. The van der Waals surface area contributed by atoms with Crippen LogP contribution in [0.15, 0.2) is 5.11 Å². The molecule has 0 aliphatic heterocycles. The molecule has 0 aromatic carbocycles. The molecule has 6 heteroatoms. The molecule has 0 saturated carbocycles. The molecule has 50 valence electrons. The second-order valence-electron chi connectivity index (χ2n) is 1.03. The molecule has 0 aromatic rings. The molecule has 9 heavy (non-hydrogen) atoms. The predicted molar refractivity (Wildman–Crippen MR) is 27.6 cm³/mol. The maximum atomic E-state index is 10.0. The van der Waals surface area contributed by atoms with Gasteiger partial charge in [-0.15, -0.1) is 0 Å². The Morgan fingerprint density at radius 3 is 3.00 bits per heavy atom. The van der Waals surface area contributed by atoms with Crippen molar-refractivity contribution in [3.05, 3.63) is 10.4 Å². The van der Waals surface area contributed by atoms with Gasteiger partial charge in [0.05, 0.1) is 6.61 Å². The summed E-state index contributed by atoms with van der Waals surface area (Å²) >= 11 is 0. The third-order valence-electron chi connectivity index (χ3n) is 0.443. The van der Waals surface area contributed by atoms with Crippen LogP contribution in [0.5, 0.6) is 0 Å². The number of aliphatic hydroxyl groups is 1. The molecule has 0 aliphatic rings. The first-order valence-electron chi connectivity index (χ1n) is 2.14. The molecule has 0 atom stereocenters. The van der Waals surface area contributed by atoms with Crippen LogP contribution in [-0.4, -0.2) is 24.4 Å². The van der Waals surface area contributed by atoms with Crippen molar-refractivity contribution >= 4 is 6.09 Å². The topological polar surface area (TPSA) is 95.3 Å². The Bertz CT molecular complexity index is 139. The zero-order chi connectivity index (χ0) is 7.11. The highest BCUT2D eigenvalue weighted by Gasteiger charge is 1.93. The fraction of sp³-hybridized carbons (Fsp3) is 0.667. The summed E-state index contributed by atoms with van der Waals surface area (Å²) in [5, 5.41) is 10.6. The Labute approximate surface area is 50.7 Å². The Morgan fingerprint density at radius 1 is 1.89 bits per heavy atom. The van der Waals surface area contributed by atoms with E-state index >= 15 is 0 Å². The zero-order valence-corrected chi connectivity index (χ0v) is 4.52. The molecule has 1 amide bonds. The molecule has 0 unspecified atom stereocenters. The van der Waals surface area contributed by atoms with E-state index in [0.29, 0.717) is 0 Å². The fourth-order valence-corrected chi connectivity index (χ4v) is 0.198. The molecule has 0 aromatic heterocycles. The van der Waals surface area contributed by atoms with E-state index in [-0.39, 0.29) is 13.2 Å². The average Bonchev–Trinajstić information content (AvgIpc) is 1.85. The largest absolute Gasteiger partial charge is 0.458 e. The van der Waals surface area contributed by atoms with Gasteiger partial charge in [-0.1, -0.05) is 0 Å². The van der Waals surface area contributed by atoms with E-state index in [1.807, 2.05) is 0 Å². The smallest absolute Gasteiger partial charge is 0.396 e. The second kappa shape index (κ2) is 4.89. The molecular weight excluding hydrogens is 126 g/mol. The van der Waals surface area contributed by atoms with Crippen LogP contribution < -0.4 is 0 Å². The van der Waals surface area contributed by atoms with E-state index in [2.05, 4.69) is 14.8 Å². The first kappa shape index (κ1) is 7.74. The summed E-state index contributed by atoms with van der Waals surface area (Å²) in [5.41, 5.74) is 7.63. The SMILES string of the molecule is [N-]=[N+]=NC(=O)OCCO. The van der Waals surface area contributed by atoms with Gasteiger partial charge in [0.25, 0.3) is 0 Å². The first-order chi connectivity index (χ1) is 4.31. The van der Waals surface area contributed by atoms with Gasteiger partial charge in [-0.05, 0) is 5.53 Å². The monoisotopic (exact) mass is 131 g/mol. The predicted octanol–water partition coefficient (Wildman–Crippen LogP) is 0.426. The highest BCUT2D eigenvalue weighted by molar-refractivity contribution is 5.67. The van der Waals surface area contributed by atoms with Gasteiger partial charge in [0, 0.05) is 10.0 Å². The van der Waals surface area contributed by atoms with Crippen LogP contribution in [0.1, 0.15) is 0 Å². The lowest BCUT2D eigenvalue weighted by molar-refractivity contribution is 0.127. The number of rotatable bonds is 2. The van der Waals surface area contributed by atoms with E-state index in [4.69, 9.17) is 10.6 Å². The number of carbonyl (C=O) groups is 1. The van der Waals surface area contributed by atoms with E-state index < -0.39 is 6.09 Å². The van der Waals surface area contributed by atoms with E-state index in [1.165, 1.54) is 0 Å². The number of azide groups is 1. The van der Waals surface area contributed by atoms with Gasteiger partial charge < -0.3 is 9.84 Å². The standard InChI is InChI=1S/C3H5N3O3/c4-6-5-3(8)9-2-1-7/h7H,1-2H2.